The molecule has 1 aromatic heterocycles. The number of hydrogen-bond acceptors (Lipinski definition) is 5. The molecule has 4 bridgehead atoms. The number of tetrazole rings is 1. The summed E-state index contributed by atoms with van der Waals surface area (Å²) in [5, 5.41) is 16.1. The van der Waals surface area contributed by atoms with Crippen LogP contribution in [0.5, 0.6) is 0 Å². The molecule has 7 heteroatoms. The summed E-state index contributed by atoms with van der Waals surface area (Å²) in [5.41, 5.74) is 2.24. The maximum Gasteiger partial charge on any atom is 0.233 e. The number of nitrogens with zero attached hydrogens (tertiary/aromatic N) is 4. The third kappa shape index (κ3) is 3.77. The van der Waals surface area contributed by atoms with E-state index < -0.39 is 0 Å². The van der Waals surface area contributed by atoms with Gasteiger partial charge in [0.05, 0.1) is 10.9 Å². The van der Waals surface area contributed by atoms with Gasteiger partial charge < -0.3 is 5.32 Å². The number of hydrogen-bond donors (Lipinski definition) is 1. The first-order valence-electron chi connectivity index (χ1n) is 11.3. The topological polar surface area (TPSA) is 72.7 Å². The van der Waals surface area contributed by atoms with Crippen molar-refractivity contribution in [1.29, 1.82) is 0 Å². The highest BCUT2D eigenvalue weighted by molar-refractivity contribution is 8.00. The van der Waals surface area contributed by atoms with Crippen LogP contribution in [0.1, 0.15) is 70.8 Å². The van der Waals surface area contributed by atoms with Crippen LogP contribution in [0.25, 0.3) is 5.69 Å². The van der Waals surface area contributed by atoms with Crippen molar-refractivity contribution in [3.05, 3.63) is 29.8 Å². The summed E-state index contributed by atoms with van der Waals surface area (Å²) in [6.45, 7) is 6.32. The van der Waals surface area contributed by atoms with Crippen molar-refractivity contribution < 1.29 is 4.79 Å². The Hall–Kier alpha value is -1.89. The van der Waals surface area contributed by atoms with E-state index in [1.165, 1.54) is 55.9 Å². The van der Waals surface area contributed by atoms with E-state index in [1.54, 1.807) is 4.68 Å². The van der Waals surface area contributed by atoms with Crippen LogP contribution >= 0.6 is 11.8 Å². The Labute approximate surface area is 182 Å². The second kappa shape index (κ2) is 7.66. The second-order valence-electron chi connectivity index (χ2n) is 10.1. The minimum atomic E-state index is -0.238. The first-order valence-corrected chi connectivity index (χ1v) is 12.2. The van der Waals surface area contributed by atoms with E-state index >= 15 is 0 Å². The van der Waals surface area contributed by atoms with E-state index in [4.69, 9.17) is 0 Å². The van der Waals surface area contributed by atoms with Crippen molar-refractivity contribution in [2.45, 2.75) is 81.2 Å². The molecule has 1 aromatic carbocycles. The van der Waals surface area contributed by atoms with Crippen LogP contribution < -0.4 is 5.32 Å². The number of amides is 1. The summed E-state index contributed by atoms with van der Waals surface area (Å²) in [6, 6.07) is 8.30. The van der Waals surface area contributed by atoms with E-state index in [-0.39, 0.29) is 16.7 Å². The van der Waals surface area contributed by atoms with Crippen molar-refractivity contribution in [1.82, 2.24) is 25.5 Å². The highest BCUT2D eigenvalue weighted by Crippen LogP contribution is 2.55. The lowest BCUT2D eigenvalue weighted by atomic mass is 9.53. The van der Waals surface area contributed by atoms with Gasteiger partial charge in [-0.25, -0.2) is 0 Å². The fourth-order valence-corrected chi connectivity index (χ4v) is 7.06. The van der Waals surface area contributed by atoms with Gasteiger partial charge in [-0.05, 0) is 97.2 Å². The van der Waals surface area contributed by atoms with Gasteiger partial charge in [-0.15, -0.1) is 5.10 Å². The van der Waals surface area contributed by atoms with E-state index in [9.17, 15) is 4.79 Å². The van der Waals surface area contributed by atoms with Crippen molar-refractivity contribution in [2.24, 2.45) is 17.8 Å². The van der Waals surface area contributed by atoms with Crippen LogP contribution in [0.2, 0.25) is 0 Å². The molecular weight excluding hydrogens is 394 g/mol. The number of benzene rings is 1. The molecule has 4 saturated carbocycles. The normalized spacial score (nSPS) is 30.6. The fraction of sp³-hybridized carbons (Fsp3) is 0.652. The Morgan fingerprint density at radius 2 is 1.67 bits per heavy atom. The molecule has 1 atom stereocenters. The molecule has 6 rings (SSSR count). The monoisotopic (exact) mass is 425 g/mol. The molecule has 1 N–H and O–H groups in total. The Morgan fingerprint density at radius 1 is 1.07 bits per heavy atom. The second-order valence-corrected chi connectivity index (χ2v) is 11.4. The Morgan fingerprint density at radius 3 is 2.23 bits per heavy atom. The highest BCUT2D eigenvalue weighted by Gasteiger charge is 2.51. The lowest BCUT2D eigenvalue weighted by molar-refractivity contribution is -0.126. The average molecular weight is 426 g/mol. The van der Waals surface area contributed by atoms with Gasteiger partial charge in [0.2, 0.25) is 11.1 Å². The molecule has 4 fully saturated rings. The zero-order valence-corrected chi connectivity index (χ0v) is 18.9. The Bertz CT molecular complexity index is 887. The smallest absolute Gasteiger partial charge is 0.233 e. The molecule has 0 aliphatic heterocycles. The molecule has 160 valence electrons. The minimum absolute atomic E-state index is 0.0409. The van der Waals surface area contributed by atoms with E-state index in [1.807, 2.05) is 19.1 Å². The number of aromatic nitrogens is 4. The minimum Gasteiger partial charge on any atom is -0.350 e. The van der Waals surface area contributed by atoms with Gasteiger partial charge in [-0.2, -0.15) is 4.68 Å². The molecule has 0 spiro atoms. The summed E-state index contributed by atoms with van der Waals surface area (Å²) in [4.78, 5) is 13.1. The summed E-state index contributed by atoms with van der Waals surface area (Å²) in [7, 11) is 0. The summed E-state index contributed by atoms with van der Waals surface area (Å²) < 4.78 is 1.73. The third-order valence-corrected chi connectivity index (χ3v) is 8.36. The third-order valence-electron chi connectivity index (χ3n) is 7.32. The zero-order valence-electron chi connectivity index (χ0n) is 18.0. The van der Waals surface area contributed by atoms with Crippen LogP contribution in [-0.4, -0.2) is 36.9 Å². The van der Waals surface area contributed by atoms with Crippen LogP contribution in [0.3, 0.4) is 0 Å². The summed E-state index contributed by atoms with van der Waals surface area (Å²) in [5.74, 6) is 3.06. The number of thioether (sulfide) groups is 1. The van der Waals surface area contributed by atoms with Crippen molar-refractivity contribution in [2.75, 3.05) is 0 Å². The van der Waals surface area contributed by atoms with Gasteiger partial charge in [-0.3, -0.25) is 4.79 Å². The number of carbonyl (C=O) groups is 1. The lowest BCUT2D eigenvalue weighted by Crippen LogP contribution is -2.60. The maximum absolute atomic E-state index is 13.1. The first kappa shape index (κ1) is 20.0. The molecule has 2 aromatic rings. The van der Waals surface area contributed by atoms with Crippen molar-refractivity contribution >= 4 is 17.7 Å². The largest absolute Gasteiger partial charge is 0.350 e. The number of carbonyl (C=O) groups excluding carboxylic acids is 1. The van der Waals surface area contributed by atoms with Crippen molar-refractivity contribution in [3.8, 4) is 5.69 Å². The van der Waals surface area contributed by atoms with Crippen LogP contribution in [0, 0.1) is 17.8 Å². The molecule has 1 unspecified atom stereocenters. The molecule has 0 radical (unpaired) electrons. The van der Waals surface area contributed by atoms with Crippen molar-refractivity contribution in [3.63, 3.8) is 0 Å². The van der Waals surface area contributed by atoms with Crippen LogP contribution in [0.4, 0.5) is 0 Å². The predicted molar refractivity (Wildman–Crippen MR) is 118 cm³/mol. The van der Waals surface area contributed by atoms with E-state index in [0.29, 0.717) is 11.1 Å². The van der Waals surface area contributed by atoms with Crippen LogP contribution in [-0.2, 0) is 4.79 Å². The molecule has 4 aliphatic rings. The molecule has 1 heterocycles. The quantitative estimate of drug-likeness (QED) is 0.697. The van der Waals surface area contributed by atoms with E-state index in [2.05, 4.69) is 46.8 Å². The van der Waals surface area contributed by atoms with Gasteiger partial charge in [-0.1, -0.05) is 37.7 Å². The van der Waals surface area contributed by atoms with Gasteiger partial charge in [0.15, 0.2) is 0 Å². The first-order chi connectivity index (χ1) is 14.4. The summed E-state index contributed by atoms with van der Waals surface area (Å²) in [6.07, 6.45) is 7.64. The fourth-order valence-electron chi connectivity index (χ4n) is 6.25. The lowest BCUT2D eigenvalue weighted by Gasteiger charge is -2.57. The molecule has 4 aliphatic carbocycles. The van der Waals surface area contributed by atoms with Gasteiger partial charge in [0, 0.05) is 5.54 Å². The Kier molecular flexibility index (Phi) is 5.12. The van der Waals surface area contributed by atoms with Gasteiger partial charge in [0.1, 0.15) is 0 Å². The maximum atomic E-state index is 13.1. The zero-order chi connectivity index (χ0) is 20.9. The van der Waals surface area contributed by atoms with Crippen LogP contribution in [0.15, 0.2) is 29.4 Å². The molecular formula is C23H31N5OS. The average Bonchev–Trinajstić information content (AvgIpc) is 3.14. The molecule has 30 heavy (non-hydrogen) atoms. The van der Waals surface area contributed by atoms with Gasteiger partial charge >= 0.3 is 0 Å². The molecule has 6 nitrogen and oxygen atoms in total. The molecule has 0 saturated heterocycles. The summed E-state index contributed by atoms with van der Waals surface area (Å²) >= 11 is 1.43. The Balaban J connectivity index is 1.26. The predicted octanol–water partition coefficient (Wildman–Crippen LogP) is 4.35. The molecule has 1 amide bonds. The number of nitrogens with one attached hydrogen (secondary N) is 1. The SMILES string of the molecule is CC(Sc1nnnn1-c1ccc(C(C)C)cc1)C(=O)NC12CC3CC(CC(C3)C1)C2. The van der Waals surface area contributed by atoms with E-state index in [0.717, 1.165) is 23.4 Å². The highest BCUT2D eigenvalue weighted by atomic mass is 32.2. The standard InChI is InChI=1S/C23H31N5OS/c1-14(2)19-4-6-20(7-5-19)28-22(25-26-27-28)30-15(3)21(29)24-23-11-16-8-17(12-23)10-18(9-16)13-23/h4-7,14-18H,8-13H2,1-3H3,(H,24,29). The van der Waals surface area contributed by atoms with Gasteiger partial charge in [0.25, 0.3) is 0 Å². The number of rotatable bonds is 6.